The van der Waals surface area contributed by atoms with Crippen LogP contribution in [0.1, 0.15) is 26.3 Å². The predicted molar refractivity (Wildman–Crippen MR) is 90.5 cm³/mol. The Kier molecular flexibility index (Phi) is 5.77. The van der Waals surface area contributed by atoms with Gasteiger partial charge in [0.1, 0.15) is 5.82 Å². The summed E-state index contributed by atoms with van der Waals surface area (Å²) in [4.78, 5) is 31.3. The molecule has 1 aromatic heterocycles. The summed E-state index contributed by atoms with van der Waals surface area (Å²) in [6.07, 6.45) is -3.59. The molecule has 2 rings (SSSR count). The molecule has 0 spiro atoms. The minimum absolute atomic E-state index is 0.0609. The van der Waals surface area contributed by atoms with Crippen molar-refractivity contribution in [3.05, 3.63) is 23.9 Å². The van der Waals surface area contributed by atoms with Crippen molar-refractivity contribution >= 4 is 17.6 Å². The zero-order valence-electron chi connectivity index (χ0n) is 15.1. The van der Waals surface area contributed by atoms with E-state index < -0.39 is 17.2 Å². The number of amides is 2. The third-order valence-electron chi connectivity index (χ3n) is 4.11. The molecule has 1 aliphatic heterocycles. The van der Waals surface area contributed by atoms with E-state index in [-0.39, 0.29) is 18.4 Å². The molecule has 0 saturated carbocycles. The van der Waals surface area contributed by atoms with E-state index >= 15 is 0 Å². The van der Waals surface area contributed by atoms with E-state index in [0.29, 0.717) is 32.0 Å². The maximum atomic E-state index is 12.6. The van der Waals surface area contributed by atoms with Gasteiger partial charge in [0.05, 0.1) is 12.1 Å². The molecule has 1 saturated heterocycles. The zero-order chi connectivity index (χ0) is 19.5. The van der Waals surface area contributed by atoms with Gasteiger partial charge in [0.2, 0.25) is 11.8 Å². The van der Waals surface area contributed by atoms with Crippen LogP contribution in [0, 0.1) is 5.41 Å². The smallest absolute Gasteiger partial charge is 0.353 e. The molecule has 0 unspecified atom stereocenters. The largest absolute Gasteiger partial charge is 0.417 e. The number of piperazine rings is 1. The standard InChI is InChI=1S/C17H23F3N4O2/c1-16(2,3)15(26)22-11-14(25)24-8-6-23(7-9-24)13-5-4-12(10-21-13)17(18,19)20/h4-5,10H,6-9,11H2,1-3H3,(H,22,26). The Labute approximate surface area is 150 Å². The molecule has 1 aliphatic rings. The lowest BCUT2D eigenvalue weighted by atomic mass is 9.96. The van der Waals surface area contributed by atoms with Crippen LogP contribution in [-0.4, -0.2) is 54.4 Å². The van der Waals surface area contributed by atoms with E-state index in [9.17, 15) is 22.8 Å². The lowest BCUT2D eigenvalue weighted by Crippen LogP contribution is -2.52. The minimum Gasteiger partial charge on any atom is -0.353 e. The van der Waals surface area contributed by atoms with Crippen LogP contribution < -0.4 is 10.2 Å². The normalized spacial score (nSPS) is 15.8. The Hall–Kier alpha value is -2.32. The number of aromatic nitrogens is 1. The van der Waals surface area contributed by atoms with E-state index in [0.717, 1.165) is 12.3 Å². The minimum atomic E-state index is -4.41. The molecule has 1 fully saturated rings. The van der Waals surface area contributed by atoms with Gasteiger partial charge in [0, 0.05) is 37.8 Å². The van der Waals surface area contributed by atoms with Crippen molar-refractivity contribution in [1.82, 2.24) is 15.2 Å². The van der Waals surface area contributed by atoms with Crippen molar-refractivity contribution in [3.63, 3.8) is 0 Å². The van der Waals surface area contributed by atoms with Crippen molar-refractivity contribution in [2.75, 3.05) is 37.6 Å². The summed E-state index contributed by atoms with van der Waals surface area (Å²) in [6, 6.07) is 2.34. The van der Waals surface area contributed by atoms with E-state index in [4.69, 9.17) is 0 Å². The number of hydrogen-bond acceptors (Lipinski definition) is 4. The zero-order valence-corrected chi connectivity index (χ0v) is 15.1. The molecule has 0 bridgehead atoms. The summed E-state index contributed by atoms with van der Waals surface area (Å²) in [5, 5.41) is 2.62. The molecule has 0 atom stereocenters. The van der Waals surface area contributed by atoms with Gasteiger partial charge < -0.3 is 15.1 Å². The highest BCUT2D eigenvalue weighted by Crippen LogP contribution is 2.29. The lowest BCUT2D eigenvalue weighted by Gasteiger charge is -2.35. The van der Waals surface area contributed by atoms with Gasteiger partial charge in [-0.2, -0.15) is 13.2 Å². The maximum absolute atomic E-state index is 12.6. The fraction of sp³-hybridized carbons (Fsp3) is 0.588. The Morgan fingerprint density at radius 3 is 2.19 bits per heavy atom. The number of nitrogens with zero attached hydrogens (tertiary/aromatic N) is 3. The number of nitrogens with one attached hydrogen (secondary N) is 1. The van der Waals surface area contributed by atoms with Crippen LogP contribution in [0.2, 0.25) is 0 Å². The second-order valence-corrected chi connectivity index (χ2v) is 7.20. The van der Waals surface area contributed by atoms with Gasteiger partial charge in [0.15, 0.2) is 0 Å². The Balaban J connectivity index is 1.85. The number of alkyl halides is 3. The molecular weight excluding hydrogens is 349 g/mol. The molecule has 9 heteroatoms. The number of carbonyl (C=O) groups is 2. The maximum Gasteiger partial charge on any atom is 0.417 e. The van der Waals surface area contributed by atoms with E-state index in [2.05, 4.69) is 10.3 Å². The fourth-order valence-electron chi connectivity index (χ4n) is 2.46. The van der Waals surface area contributed by atoms with Crippen molar-refractivity contribution < 1.29 is 22.8 Å². The van der Waals surface area contributed by atoms with E-state index in [1.807, 2.05) is 4.90 Å². The Morgan fingerprint density at radius 2 is 1.73 bits per heavy atom. The Morgan fingerprint density at radius 1 is 1.12 bits per heavy atom. The van der Waals surface area contributed by atoms with Crippen molar-refractivity contribution in [1.29, 1.82) is 0 Å². The van der Waals surface area contributed by atoms with Gasteiger partial charge in [-0.25, -0.2) is 4.98 Å². The first kappa shape index (κ1) is 20.0. The van der Waals surface area contributed by atoms with E-state index in [1.165, 1.54) is 6.07 Å². The first-order valence-electron chi connectivity index (χ1n) is 8.33. The highest BCUT2D eigenvalue weighted by atomic mass is 19.4. The van der Waals surface area contributed by atoms with Crippen LogP contribution in [0.15, 0.2) is 18.3 Å². The van der Waals surface area contributed by atoms with Gasteiger partial charge in [-0.3, -0.25) is 9.59 Å². The first-order chi connectivity index (χ1) is 12.0. The van der Waals surface area contributed by atoms with Crippen LogP contribution in [0.4, 0.5) is 19.0 Å². The highest BCUT2D eigenvalue weighted by molar-refractivity contribution is 5.87. The van der Waals surface area contributed by atoms with Crippen LogP contribution in [-0.2, 0) is 15.8 Å². The molecule has 0 radical (unpaired) electrons. The molecule has 0 aliphatic carbocycles. The predicted octanol–water partition coefficient (Wildman–Crippen LogP) is 1.91. The van der Waals surface area contributed by atoms with Crippen LogP contribution in [0.5, 0.6) is 0 Å². The number of pyridine rings is 1. The van der Waals surface area contributed by atoms with Gasteiger partial charge >= 0.3 is 6.18 Å². The highest BCUT2D eigenvalue weighted by Gasteiger charge is 2.31. The summed E-state index contributed by atoms with van der Waals surface area (Å²) < 4.78 is 37.7. The molecule has 0 aromatic carbocycles. The Bertz CT molecular complexity index is 645. The summed E-state index contributed by atoms with van der Waals surface area (Å²) in [7, 11) is 0. The summed E-state index contributed by atoms with van der Waals surface area (Å²) in [5.41, 5.74) is -1.35. The molecule has 2 amide bonds. The third kappa shape index (κ3) is 5.09. The van der Waals surface area contributed by atoms with Gasteiger partial charge in [0.25, 0.3) is 0 Å². The number of rotatable bonds is 3. The number of hydrogen-bond donors (Lipinski definition) is 1. The number of carbonyl (C=O) groups excluding carboxylic acids is 2. The quantitative estimate of drug-likeness (QED) is 0.880. The second-order valence-electron chi connectivity index (χ2n) is 7.20. The average Bonchev–Trinajstić information content (AvgIpc) is 2.58. The van der Waals surface area contributed by atoms with Gasteiger partial charge in [-0.1, -0.05) is 20.8 Å². The topological polar surface area (TPSA) is 65.5 Å². The molecule has 26 heavy (non-hydrogen) atoms. The van der Waals surface area contributed by atoms with Gasteiger partial charge in [-0.05, 0) is 12.1 Å². The van der Waals surface area contributed by atoms with Crippen LogP contribution in [0.3, 0.4) is 0 Å². The molecule has 6 nitrogen and oxygen atoms in total. The molecular formula is C17H23F3N4O2. The molecule has 1 N–H and O–H groups in total. The number of anilines is 1. The monoisotopic (exact) mass is 372 g/mol. The average molecular weight is 372 g/mol. The summed E-state index contributed by atoms with van der Waals surface area (Å²) in [6.45, 7) is 7.02. The van der Waals surface area contributed by atoms with Crippen molar-refractivity contribution in [2.24, 2.45) is 5.41 Å². The third-order valence-corrected chi connectivity index (χ3v) is 4.11. The van der Waals surface area contributed by atoms with Crippen molar-refractivity contribution in [2.45, 2.75) is 26.9 Å². The van der Waals surface area contributed by atoms with Crippen LogP contribution in [0.25, 0.3) is 0 Å². The van der Waals surface area contributed by atoms with Crippen LogP contribution >= 0.6 is 0 Å². The molecule has 1 aromatic rings. The molecule has 144 valence electrons. The molecule has 2 heterocycles. The fourth-order valence-corrected chi connectivity index (χ4v) is 2.46. The number of halogens is 3. The first-order valence-corrected chi connectivity index (χ1v) is 8.33. The summed E-state index contributed by atoms with van der Waals surface area (Å²) >= 11 is 0. The summed E-state index contributed by atoms with van der Waals surface area (Å²) in [5.74, 6) is 0.0761. The van der Waals surface area contributed by atoms with Gasteiger partial charge in [-0.15, -0.1) is 0 Å². The SMILES string of the molecule is CC(C)(C)C(=O)NCC(=O)N1CCN(c2ccc(C(F)(F)F)cn2)CC1. The second kappa shape index (κ2) is 7.51. The van der Waals surface area contributed by atoms with E-state index in [1.54, 1.807) is 25.7 Å². The lowest BCUT2D eigenvalue weighted by molar-refractivity contribution is -0.137. The van der Waals surface area contributed by atoms with Crippen molar-refractivity contribution in [3.8, 4) is 0 Å².